The molecular weight excluding hydrogens is 198 g/mol. The standard InChI is InChI=1S/C10H9NO4/c1-6(12)10(11-13)7-2-3-8-9(4-7)15-5-14-8/h2-4,13H,5H2,1H3/b11-10+. The molecule has 0 radical (unpaired) electrons. The average molecular weight is 207 g/mol. The van der Waals surface area contributed by atoms with Gasteiger partial charge in [0, 0.05) is 12.5 Å². The van der Waals surface area contributed by atoms with Crippen LogP contribution in [-0.2, 0) is 4.79 Å². The molecule has 0 fully saturated rings. The lowest BCUT2D eigenvalue weighted by molar-refractivity contribution is -0.111. The molecule has 0 amide bonds. The van der Waals surface area contributed by atoms with Gasteiger partial charge in [-0.2, -0.15) is 0 Å². The molecule has 0 bridgehead atoms. The number of rotatable bonds is 2. The SMILES string of the molecule is CC(=O)/C(=N\O)c1ccc2c(c1)OCO2. The minimum Gasteiger partial charge on any atom is -0.454 e. The van der Waals surface area contributed by atoms with Gasteiger partial charge < -0.3 is 14.7 Å². The van der Waals surface area contributed by atoms with Crippen LogP contribution in [0.4, 0.5) is 0 Å². The van der Waals surface area contributed by atoms with Gasteiger partial charge in [0.05, 0.1) is 0 Å². The summed E-state index contributed by atoms with van der Waals surface area (Å²) in [6.45, 7) is 1.50. The monoisotopic (exact) mass is 207 g/mol. The summed E-state index contributed by atoms with van der Waals surface area (Å²) in [5, 5.41) is 11.6. The first-order valence-electron chi connectivity index (χ1n) is 4.35. The highest BCUT2D eigenvalue weighted by Crippen LogP contribution is 2.32. The normalized spacial score (nSPS) is 14.1. The number of oxime groups is 1. The van der Waals surface area contributed by atoms with E-state index >= 15 is 0 Å². The van der Waals surface area contributed by atoms with Crippen LogP contribution in [0.25, 0.3) is 0 Å². The molecule has 15 heavy (non-hydrogen) atoms. The van der Waals surface area contributed by atoms with Gasteiger partial charge in [0.15, 0.2) is 23.0 Å². The minimum absolute atomic E-state index is 0.00769. The third-order valence-corrected chi connectivity index (χ3v) is 2.08. The molecule has 1 N–H and O–H groups in total. The Bertz CT molecular complexity index is 439. The van der Waals surface area contributed by atoms with Crippen molar-refractivity contribution in [3.05, 3.63) is 23.8 Å². The lowest BCUT2D eigenvalue weighted by atomic mass is 10.1. The molecule has 1 aromatic carbocycles. The van der Waals surface area contributed by atoms with E-state index in [-0.39, 0.29) is 18.3 Å². The number of carbonyl (C=O) groups is 1. The second-order valence-corrected chi connectivity index (χ2v) is 3.07. The van der Waals surface area contributed by atoms with Crippen molar-refractivity contribution in [2.75, 3.05) is 6.79 Å². The number of ketones is 1. The Kier molecular flexibility index (Phi) is 2.29. The number of fused-ring (bicyclic) bond motifs is 1. The van der Waals surface area contributed by atoms with E-state index in [0.717, 1.165) is 0 Å². The van der Waals surface area contributed by atoms with Crippen LogP contribution in [-0.4, -0.2) is 23.5 Å². The molecule has 0 saturated carbocycles. The predicted molar refractivity (Wildman–Crippen MR) is 51.6 cm³/mol. The highest BCUT2D eigenvalue weighted by Gasteiger charge is 2.17. The van der Waals surface area contributed by atoms with Crippen LogP contribution in [0.1, 0.15) is 12.5 Å². The minimum atomic E-state index is -0.309. The highest BCUT2D eigenvalue weighted by molar-refractivity contribution is 6.45. The first kappa shape index (κ1) is 9.51. The number of hydrogen-bond acceptors (Lipinski definition) is 5. The quantitative estimate of drug-likeness (QED) is 0.449. The molecule has 0 aromatic heterocycles. The fourth-order valence-electron chi connectivity index (χ4n) is 1.38. The number of Topliss-reactive ketones (excluding diaryl/α,β-unsaturated/α-hetero) is 1. The fourth-order valence-corrected chi connectivity index (χ4v) is 1.38. The number of ether oxygens (including phenoxy) is 2. The van der Waals surface area contributed by atoms with Gasteiger partial charge in [-0.05, 0) is 18.2 Å². The van der Waals surface area contributed by atoms with Crippen molar-refractivity contribution >= 4 is 11.5 Å². The summed E-state index contributed by atoms with van der Waals surface area (Å²) in [5.74, 6) is 0.867. The van der Waals surface area contributed by atoms with Crippen LogP contribution in [0.2, 0.25) is 0 Å². The number of hydrogen-bond donors (Lipinski definition) is 1. The molecule has 0 atom stereocenters. The highest BCUT2D eigenvalue weighted by atomic mass is 16.7. The van der Waals surface area contributed by atoms with Crippen LogP contribution >= 0.6 is 0 Å². The van der Waals surface area contributed by atoms with E-state index < -0.39 is 0 Å². The van der Waals surface area contributed by atoms with Gasteiger partial charge >= 0.3 is 0 Å². The molecule has 0 aliphatic carbocycles. The van der Waals surface area contributed by atoms with Crippen molar-refractivity contribution in [3.8, 4) is 11.5 Å². The lowest BCUT2D eigenvalue weighted by Crippen LogP contribution is -2.11. The van der Waals surface area contributed by atoms with Gasteiger partial charge in [-0.1, -0.05) is 5.16 Å². The Morgan fingerprint density at radius 1 is 1.40 bits per heavy atom. The summed E-state index contributed by atoms with van der Waals surface area (Å²) in [4.78, 5) is 11.1. The van der Waals surface area contributed by atoms with Crippen LogP contribution < -0.4 is 9.47 Å². The first-order chi connectivity index (χ1) is 7.22. The maximum Gasteiger partial charge on any atom is 0.231 e. The van der Waals surface area contributed by atoms with Crippen LogP contribution in [0.5, 0.6) is 11.5 Å². The van der Waals surface area contributed by atoms with Gasteiger partial charge in [-0.3, -0.25) is 4.79 Å². The Balaban J connectivity index is 2.42. The second-order valence-electron chi connectivity index (χ2n) is 3.07. The van der Waals surface area contributed by atoms with Gasteiger partial charge in [0.2, 0.25) is 6.79 Å². The largest absolute Gasteiger partial charge is 0.454 e. The molecule has 5 heteroatoms. The van der Waals surface area contributed by atoms with E-state index in [1.807, 2.05) is 0 Å². The summed E-state index contributed by atoms with van der Waals surface area (Å²) in [6, 6.07) is 4.93. The van der Waals surface area contributed by atoms with Gasteiger partial charge in [0.1, 0.15) is 0 Å². The Morgan fingerprint density at radius 3 is 2.80 bits per heavy atom. The van der Waals surface area contributed by atoms with Crippen LogP contribution in [0.15, 0.2) is 23.4 Å². The van der Waals surface area contributed by atoms with Crippen molar-refractivity contribution in [3.63, 3.8) is 0 Å². The lowest BCUT2D eigenvalue weighted by Gasteiger charge is -2.01. The van der Waals surface area contributed by atoms with Crippen LogP contribution in [0.3, 0.4) is 0 Å². The van der Waals surface area contributed by atoms with Gasteiger partial charge in [-0.25, -0.2) is 0 Å². The number of benzene rings is 1. The molecule has 1 aromatic rings. The zero-order valence-corrected chi connectivity index (χ0v) is 8.06. The maximum atomic E-state index is 11.1. The smallest absolute Gasteiger partial charge is 0.231 e. The molecule has 5 nitrogen and oxygen atoms in total. The van der Waals surface area contributed by atoms with E-state index in [4.69, 9.17) is 14.7 Å². The molecule has 0 unspecified atom stereocenters. The number of carbonyl (C=O) groups excluding carboxylic acids is 1. The van der Waals surface area contributed by atoms with Crippen molar-refractivity contribution in [2.24, 2.45) is 5.16 Å². The molecule has 78 valence electrons. The third kappa shape index (κ3) is 1.63. The predicted octanol–water partition coefficient (Wildman–Crippen LogP) is 1.18. The Morgan fingerprint density at radius 2 is 2.13 bits per heavy atom. The Labute approximate surface area is 85.9 Å². The summed E-state index contributed by atoms with van der Waals surface area (Å²) in [6.07, 6.45) is 0. The summed E-state index contributed by atoms with van der Waals surface area (Å²) >= 11 is 0. The summed E-state index contributed by atoms with van der Waals surface area (Å²) in [5.41, 5.74) is 0.516. The maximum absolute atomic E-state index is 11.1. The first-order valence-corrected chi connectivity index (χ1v) is 4.35. The van der Waals surface area contributed by atoms with Crippen molar-refractivity contribution < 1.29 is 19.5 Å². The van der Waals surface area contributed by atoms with Crippen molar-refractivity contribution in [2.45, 2.75) is 6.92 Å². The fraction of sp³-hybridized carbons (Fsp3) is 0.200. The summed E-state index contributed by atoms with van der Waals surface area (Å²) in [7, 11) is 0. The van der Waals surface area contributed by atoms with E-state index in [1.165, 1.54) is 6.92 Å². The molecule has 1 aliphatic heterocycles. The molecule has 1 heterocycles. The molecule has 0 spiro atoms. The zero-order chi connectivity index (χ0) is 10.8. The zero-order valence-electron chi connectivity index (χ0n) is 8.06. The molecule has 2 rings (SSSR count). The van der Waals surface area contributed by atoms with Crippen molar-refractivity contribution in [1.29, 1.82) is 0 Å². The Hall–Kier alpha value is -2.04. The molecular formula is C10H9NO4. The van der Waals surface area contributed by atoms with Crippen molar-refractivity contribution in [1.82, 2.24) is 0 Å². The molecule has 1 aliphatic rings. The van der Waals surface area contributed by atoms with Gasteiger partial charge in [-0.15, -0.1) is 0 Å². The number of nitrogens with zero attached hydrogens (tertiary/aromatic N) is 1. The van der Waals surface area contributed by atoms with Crippen LogP contribution in [0, 0.1) is 0 Å². The van der Waals surface area contributed by atoms with E-state index in [0.29, 0.717) is 17.1 Å². The van der Waals surface area contributed by atoms with E-state index in [1.54, 1.807) is 18.2 Å². The summed E-state index contributed by atoms with van der Waals surface area (Å²) < 4.78 is 10.3. The molecule has 0 saturated heterocycles. The second kappa shape index (κ2) is 3.61. The average Bonchev–Trinajstić information content (AvgIpc) is 2.65. The van der Waals surface area contributed by atoms with E-state index in [2.05, 4.69) is 5.16 Å². The van der Waals surface area contributed by atoms with E-state index in [9.17, 15) is 4.79 Å². The third-order valence-electron chi connectivity index (χ3n) is 2.08. The topological polar surface area (TPSA) is 68.1 Å². The van der Waals surface area contributed by atoms with Gasteiger partial charge in [0.25, 0.3) is 0 Å².